The standard InChI is InChI=1S/C16H10N2O2/c19-16(20)12-8-5-11(6-9-12)7-10-15-13-3-1-2-4-14(13)17-18-15/h1-6,8-9H,(H,17,18)(H,19,20). The number of aromatic carboxylic acids is 1. The quantitative estimate of drug-likeness (QED) is 0.662. The van der Waals surface area contributed by atoms with Crippen LogP contribution in [0.1, 0.15) is 21.6 Å². The normalized spacial score (nSPS) is 10.0. The average Bonchev–Trinajstić information content (AvgIpc) is 2.89. The van der Waals surface area contributed by atoms with E-state index in [0.29, 0.717) is 0 Å². The van der Waals surface area contributed by atoms with Crippen LogP contribution in [-0.2, 0) is 0 Å². The summed E-state index contributed by atoms with van der Waals surface area (Å²) in [5.74, 6) is 5.07. The number of aromatic nitrogens is 2. The molecule has 0 spiro atoms. The number of carbonyl (C=O) groups is 1. The lowest BCUT2D eigenvalue weighted by atomic mass is 10.1. The number of H-pyrrole nitrogens is 1. The van der Waals surface area contributed by atoms with E-state index in [-0.39, 0.29) is 5.56 Å². The lowest BCUT2D eigenvalue weighted by molar-refractivity contribution is 0.0697. The molecule has 4 nitrogen and oxygen atoms in total. The van der Waals surface area contributed by atoms with Crippen molar-refractivity contribution in [3.05, 3.63) is 65.4 Å². The highest BCUT2D eigenvalue weighted by Crippen LogP contribution is 2.14. The Morgan fingerprint density at radius 2 is 1.80 bits per heavy atom. The molecule has 96 valence electrons. The van der Waals surface area contributed by atoms with Crippen LogP contribution in [0.25, 0.3) is 10.9 Å². The summed E-state index contributed by atoms with van der Waals surface area (Å²) in [6.07, 6.45) is 0. The molecule has 4 heteroatoms. The van der Waals surface area contributed by atoms with Gasteiger partial charge < -0.3 is 5.11 Å². The van der Waals surface area contributed by atoms with Crippen LogP contribution in [0.15, 0.2) is 48.5 Å². The van der Waals surface area contributed by atoms with Gasteiger partial charge in [-0.15, -0.1) is 0 Å². The summed E-state index contributed by atoms with van der Waals surface area (Å²) < 4.78 is 0. The number of carboxylic acid groups (broad SMARTS) is 1. The smallest absolute Gasteiger partial charge is 0.335 e. The van der Waals surface area contributed by atoms with Gasteiger partial charge in [0.1, 0.15) is 5.69 Å². The molecule has 0 amide bonds. The first kappa shape index (κ1) is 12.0. The number of carboxylic acids is 1. The summed E-state index contributed by atoms with van der Waals surface area (Å²) in [4.78, 5) is 10.8. The molecule has 0 saturated heterocycles. The molecule has 20 heavy (non-hydrogen) atoms. The Hall–Kier alpha value is -3.06. The summed E-state index contributed by atoms with van der Waals surface area (Å²) in [6.45, 7) is 0. The van der Waals surface area contributed by atoms with Gasteiger partial charge in [0.25, 0.3) is 0 Å². The Balaban J connectivity index is 1.93. The Morgan fingerprint density at radius 3 is 2.55 bits per heavy atom. The Kier molecular flexibility index (Phi) is 2.94. The fraction of sp³-hybridized carbons (Fsp3) is 0. The van der Waals surface area contributed by atoms with Crippen LogP contribution in [0.5, 0.6) is 0 Å². The molecule has 3 aromatic rings. The van der Waals surface area contributed by atoms with Crippen LogP contribution < -0.4 is 0 Å². The number of rotatable bonds is 1. The first-order valence-electron chi connectivity index (χ1n) is 6.02. The van der Waals surface area contributed by atoms with Gasteiger partial charge in [-0.05, 0) is 42.3 Å². The molecule has 0 aliphatic heterocycles. The minimum absolute atomic E-state index is 0.252. The number of hydrogen-bond donors (Lipinski definition) is 2. The van der Waals surface area contributed by atoms with Crippen LogP contribution in [0.2, 0.25) is 0 Å². The third-order valence-corrected chi connectivity index (χ3v) is 2.93. The molecule has 3 rings (SSSR count). The third kappa shape index (κ3) is 2.25. The lowest BCUT2D eigenvalue weighted by Gasteiger charge is -1.93. The summed E-state index contributed by atoms with van der Waals surface area (Å²) in [5.41, 5.74) is 2.64. The fourth-order valence-corrected chi connectivity index (χ4v) is 1.88. The molecule has 0 atom stereocenters. The van der Waals surface area contributed by atoms with Crippen molar-refractivity contribution in [1.29, 1.82) is 0 Å². The molecule has 0 bridgehead atoms. The number of para-hydroxylation sites is 1. The van der Waals surface area contributed by atoms with Gasteiger partial charge in [0.05, 0.1) is 11.1 Å². The van der Waals surface area contributed by atoms with E-state index < -0.39 is 5.97 Å². The fourth-order valence-electron chi connectivity index (χ4n) is 1.88. The summed E-state index contributed by atoms with van der Waals surface area (Å²) >= 11 is 0. The van der Waals surface area contributed by atoms with Crippen molar-refractivity contribution in [3.63, 3.8) is 0 Å². The van der Waals surface area contributed by atoms with Crippen LogP contribution in [0.4, 0.5) is 0 Å². The molecular formula is C16H10N2O2. The van der Waals surface area contributed by atoms with Crippen molar-refractivity contribution in [1.82, 2.24) is 10.2 Å². The van der Waals surface area contributed by atoms with Crippen LogP contribution in [0, 0.1) is 11.8 Å². The second-order valence-electron chi connectivity index (χ2n) is 4.25. The zero-order valence-electron chi connectivity index (χ0n) is 10.4. The third-order valence-electron chi connectivity index (χ3n) is 2.93. The van der Waals surface area contributed by atoms with Gasteiger partial charge in [-0.25, -0.2) is 4.79 Å². The second-order valence-corrected chi connectivity index (χ2v) is 4.25. The maximum atomic E-state index is 10.8. The van der Waals surface area contributed by atoms with Gasteiger partial charge in [0.15, 0.2) is 0 Å². The Labute approximate surface area is 115 Å². The van der Waals surface area contributed by atoms with Crippen molar-refractivity contribution in [3.8, 4) is 11.8 Å². The van der Waals surface area contributed by atoms with Gasteiger partial charge in [-0.3, -0.25) is 5.10 Å². The SMILES string of the molecule is O=C(O)c1ccc(C#Cc2[nH]nc3ccccc23)cc1. The molecule has 0 aliphatic rings. The summed E-state index contributed by atoms with van der Waals surface area (Å²) in [6, 6.07) is 14.2. The second kappa shape index (κ2) is 4.90. The summed E-state index contributed by atoms with van der Waals surface area (Å²) in [5, 5.41) is 16.9. The Morgan fingerprint density at radius 1 is 1.05 bits per heavy atom. The molecular weight excluding hydrogens is 252 g/mol. The van der Waals surface area contributed by atoms with Gasteiger partial charge in [-0.2, -0.15) is 5.10 Å². The Bertz CT molecular complexity index is 836. The molecule has 0 saturated carbocycles. The van der Waals surface area contributed by atoms with Crippen molar-refractivity contribution in [2.45, 2.75) is 0 Å². The van der Waals surface area contributed by atoms with Crippen molar-refractivity contribution in [2.24, 2.45) is 0 Å². The first-order chi connectivity index (χ1) is 9.74. The maximum absolute atomic E-state index is 10.8. The van der Waals surface area contributed by atoms with E-state index >= 15 is 0 Å². The average molecular weight is 262 g/mol. The van der Waals surface area contributed by atoms with Crippen molar-refractivity contribution >= 4 is 16.9 Å². The van der Waals surface area contributed by atoms with Gasteiger partial charge >= 0.3 is 5.97 Å². The lowest BCUT2D eigenvalue weighted by Crippen LogP contribution is -1.94. The number of nitrogens with one attached hydrogen (secondary N) is 1. The maximum Gasteiger partial charge on any atom is 0.335 e. The largest absolute Gasteiger partial charge is 0.478 e. The highest BCUT2D eigenvalue weighted by Gasteiger charge is 2.02. The number of aromatic amines is 1. The number of benzene rings is 2. The van der Waals surface area contributed by atoms with Crippen molar-refractivity contribution in [2.75, 3.05) is 0 Å². The van der Waals surface area contributed by atoms with Gasteiger partial charge in [0.2, 0.25) is 0 Å². The molecule has 0 radical (unpaired) electrons. The topological polar surface area (TPSA) is 66.0 Å². The van der Waals surface area contributed by atoms with Crippen LogP contribution in [-0.4, -0.2) is 21.3 Å². The molecule has 2 aromatic carbocycles. The van der Waals surface area contributed by atoms with E-state index in [1.54, 1.807) is 12.1 Å². The number of nitrogens with zero attached hydrogens (tertiary/aromatic N) is 1. The van der Waals surface area contributed by atoms with Gasteiger partial charge in [-0.1, -0.05) is 18.1 Å². The zero-order valence-corrected chi connectivity index (χ0v) is 10.4. The van der Waals surface area contributed by atoms with E-state index in [0.717, 1.165) is 22.2 Å². The zero-order chi connectivity index (χ0) is 13.9. The molecule has 1 heterocycles. The first-order valence-corrected chi connectivity index (χ1v) is 6.02. The minimum Gasteiger partial charge on any atom is -0.478 e. The summed E-state index contributed by atoms with van der Waals surface area (Å²) in [7, 11) is 0. The van der Waals surface area contributed by atoms with Crippen molar-refractivity contribution < 1.29 is 9.90 Å². The molecule has 0 fully saturated rings. The molecule has 1 aromatic heterocycles. The minimum atomic E-state index is -0.941. The predicted molar refractivity (Wildman–Crippen MR) is 75.5 cm³/mol. The van der Waals surface area contributed by atoms with Gasteiger partial charge in [0, 0.05) is 10.9 Å². The molecule has 2 N–H and O–H groups in total. The monoisotopic (exact) mass is 262 g/mol. The predicted octanol–water partition coefficient (Wildman–Crippen LogP) is 2.66. The van der Waals surface area contributed by atoms with Crippen LogP contribution >= 0.6 is 0 Å². The molecule has 0 unspecified atom stereocenters. The number of hydrogen-bond acceptors (Lipinski definition) is 2. The van der Waals surface area contributed by atoms with E-state index in [1.807, 2.05) is 24.3 Å². The van der Waals surface area contributed by atoms with Crippen LogP contribution in [0.3, 0.4) is 0 Å². The highest BCUT2D eigenvalue weighted by molar-refractivity contribution is 5.87. The van der Waals surface area contributed by atoms with E-state index in [9.17, 15) is 4.79 Å². The highest BCUT2D eigenvalue weighted by atomic mass is 16.4. The van der Waals surface area contributed by atoms with E-state index in [4.69, 9.17) is 5.11 Å². The van der Waals surface area contributed by atoms with E-state index in [1.165, 1.54) is 12.1 Å². The molecule has 0 aliphatic carbocycles. The number of fused-ring (bicyclic) bond motifs is 1. The van der Waals surface area contributed by atoms with E-state index in [2.05, 4.69) is 22.0 Å².